The van der Waals surface area contributed by atoms with Gasteiger partial charge in [-0.2, -0.15) is 0 Å². The number of ether oxygens (including phenoxy) is 1. The Kier molecular flexibility index (Phi) is 9.08. The zero-order valence-corrected chi connectivity index (χ0v) is 19.8. The van der Waals surface area contributed by atoms with Gasteiger partial charge in [-0.25, -0.2) is 0 Å². The Balaban J connectivity index is 2.17. The number of anilines is 1. The van der Waals surface area contributed by atoms with Crippen LogP contribution < -0.4 is 15.4 Å². The maximum Gasteiger partial charge on any atom is 0.255 e. The van der Waals surface area contributed by atoms with Gasteiger partial charge in [0, 0.05) is 18.8 Å². The Bertz CT molecular complexity index is 973. The number of hydrogen-bond donors (Lipinski definition) is 2. The van der Waals surface area contributed by atoms with Crippen LogP contribution in [0.15, 0.2) is 42.5 Å². The zero-order valence-electron chi connectivity index (χ0n) is 19.1. The van der Waals surface area contributed by atoms with Crippen LogP contribution in [0.25, 0.3) is 0 Å². The molecule has 3 amide bonds. The summed E-state index contributed by atoms with van der Waals surface area (Å²) >= 11 is 6.32. The number of nitrogens with one attached hydrogen (secondary N) is 2. The van der Waals surface area contributed by atoms with Gasteiger partial charge in [0.1, 0.15) is 11.8 Å². The second-order valence-electron chi connectivity index (χ2n) is 7.56. The topological polar surface area (TPSA) is 87.7 Å². The van der Waals surface area contributed by atoms with Gasteiger partial charge in [-0.15, -0.1) is 0 Å². The van der Waals surface area contributed by atoms with Crippen LogP contribution in [0, 0.1) is 5.92 Å². The Morgan fingerprint density at radius 2 is 1.69 bits per heavy atom. The molecule has 0 saturated heterocycles. The smallest absolute Gasteiger partial charge is 0.255 e. The van der Waals surface area contributed by atoms with Crippen molar-refractivity contribution in [3.05, 3.63) is 58.6 Å². The predicted molar refractivity (Wildman–Crippen MR) is 126 cm³/mol. The highest BCUT2D eigenvalue weighted by Gasteiger charge is 2.26. The van der Waals surface area contributed by atoms with Crippen molar-refractivity contribution < 1.29 is 19.1 Å². The lowest BCUT2D eigenvalue weighted by atomic mass is 10.0. The van der Waals surface area contributed by atoms with Crippen molar-refractivity contribution in [2.75, 3.05) is 25.5 Å². The van der Waals surface area contributed by atoms with Crippen LogP contribution >= 0.6 is 11.6 Å². The summed E-state index contributed by atoms with van der Waals surface area (Å²) in [5.41, 5.74) is 1.15. The van der Waals surface area contributed by atoms with E-state index in [1.807, 2.05) is 27.7 Å². The van der Waals surface area contributed by atoms with Crippen LogP contribution in [0.2, 0.25) is 5.02 Å². The van der Waals surface area contributed by atoms with E-state index < -0.39 is 11.9 Å². The van der Waals surface area contributed by atoms with Crippen molar-refractivity contribution in [3.8, 4) is 5.75 Å². The number of hydrogen-bond acceptors (Lipinski definition) is 4. The molecule has 0 radical (unpaired) electrons. The van der Waals surface area contributed by atoms with E-state index in [1.54, 1.807) is 41.3 Å². The number of rotatable bonds is 9. The molecule has 32 heavy (non-hydrogen) atoms. The highest BCUT2D eigenvalue weighted by atomic mass is 35.5. The fourth-order valence-corrected chi connectivity index (χ4v) is 3.52. The van der Waals surface area contributed by atoms with Gasteiger partial charge in [0.05, 0.1) is 23.3 Å². The molecule has 2 aromatic rings. The SMILES string of the molecule is CCN(CC)C(=O)c1ccc(NC(=O)C(NC(=O)c2ccccc2OC)C(C)C)cc1Cl. The largest absolute Gasteiger partial charge is 0.496 e. The van der Waals surface area contributed by atoms with Crippen LogP contribution in [0.4, 0.5) is 5.69 Å². The standard InChI is InChI=1S/C24H30ClN3O4/c1-6-28(7-2)24(31)17-13-12-16(14-19(17)25)26-23(30)21(15(3)4)27-22(29)18-10-8-9-11-20(18)32-5/h8-15,21H,6-7H2,1-5H3,(H,26,30)(H,27,29). The normalized spacial score (nSPS) is 11.6. The third kappa shape index (κ3) is 6.01. The zero-order chi connectivity index (χ0) is 23.8. The highest BCUT2D eigenvalue weighted by Crippen LogP contribution is 2.23. The second-order valence-corrected chi connectivity index (χ2v) is 7.96. The predicted octanol–water partition coefficient (Wildman–Crippen LogP) is 4.22. The molecule has 2 N–H and O–H groups in total. The fraction of sp³-hybridized carbons (Fsp3) is 0.375. The Morgan fingerprint density at radius 1 is 1.03 bits per heavy atom. The molecule has 0 spiro atoms. The van der Waals surface area contributed by atoms with E-state index in [2.05, 4.69) is 10.6 Å². The Labute approximate surface area is 194 Å². The van der Waals surface area contributed by atoms with Crippen molar-refractivity contribution in [2.24, 2.45) is 5.92 Å². The van der Waals surface area contributed by atoms with Gasteiger partial charge in [0.2, 0.25) is 5.91 Å². The van der Waals surface area contributed by atoms with E-state index in [-0.39, 0.29) is 22.8 Å². The molecule has 2 rings (SSSR count). The van der Waals surface area contributed by atoms with Gasteiger partial charge in [-0.1, -0.05) is 37.6 Å². The van der Waals surface area contributed by atoms with E-state index in [4.69, 9.17) is 16.3 Å². The molecule has 8 heteroatoms. The van der Waals surface area contributed by atoms with Crippen molar-refractivity contribution in [3.63, 3.8) is 0 Å². The fourth-order valence-electron chi connectivity index (χ4n) is 3.25. The third-order valence-electron chi connectivity index (χ3n) is 5.11. The molecule has 0 aliphatic rings. The van der Waals surface area contributed by atoms with E-state index in [0.29, 0.717) is 35.7 Å². The average Bonchev–Trinajstić information content (AvgIpc) is 2.77. The number of nitrogens with zero attached hydrogens (tertiary/aromatic N) is 1. The lowest BCUT2D eigenvalue weighted by molar-refractivity contribution is -0.118. The minimum atomic E-state index is -0.789. The van der Waals surface area contributed by atoms with E-state index in [0.717, 1.165) is 0 Å². The lowest BCUT2D eigenvalue weighted by Crippen LogP contribution is -2.47. The van der Waals surface area contributed by atoms with Crippen molar-refractivity contribution in [1.29, 1.82) is 0 Å². The molecule has 7 nitrogen and oxygen atoms in total. The highest BCUT2D eigenvalue weighted by molar-refractivity contribution is 6.34. The number of para-hydroxylation sites is 1. The lowest BCUT2D eigenvalue weighted by Gasteiger charge is -2.23. The summed E-state index contributed by atoms with van der Waals surface area (Å²) < 4.78 is 5.23. The first kappa shape index (κ1) is 25.2. The molecule has 2 aromatic carbocycles. The van der Waals surface area contributed by atoms with Crippen molar-refractivity contribution >= 4 is 35.0 Å². The van der Waals surface area contributed by atoms with Gasteiger partial charge in [0.15, 0.2) is 0 Å². The summed E-state index contributed by atoms with van der Waals surface area (Å²) in [4.78, 5) is 39.9. The summed E-state index contributed by atoms with van der Waals surface area (Å²) in [6.07, 6.45) is 0. The maximum atomic E-state index is 12.9. The first-order valence-corrected chi connectivity index (χ1v) is 10.9. The first-order chi connectivity index (χ1) is 15.2. The maximum absolute atomic E-state index is 12.9. The molecular formula is C24H30ClN3O4. The molecule has 0 aliphatic heterocycles. The number of halogens is 1. The number of benzene rings is 2. The van der Waals surface area contributed by atoms with Crippen LogP contribution in [0.1, 0.15) is 48.4 Å². The van der Waals surface area contributed by atoms with Crippen LogP contribution in [-0.2, 0) is 4.79 Å². The minimum Gasteiger partial charge on any atom is -0.496 e. The van der Waals surface area contributed by atoms with E-state index in [1.165, 1.54) is 13.2 Å². The number of carbonyl (C=O) groups excluding carboxylic acids is 3. The molecule has 1 unspecified atom stereocenters. The van der Waals surface area contributed by atoms with Crippen molar-refractivity contribution in [2.45, 2.75) is 33.7 Å². The van der Waals surface area contributed by atoms with Crippen molar-refractivity contribution in [1.82, 2.24) is 10.2 Å². The molecule has 0 fully saturated rings. The van der Waals surface area contributed by atoms with E-state index in [9.17, 15) is 14.4 Å². The molecule has 172 valence electrons. The number of carbonyl (C=O) groups is 3. The van der Waals surface area contributed by atoms with Gasteiger partial charge >= 0.3 is 0 Å². The monoisotopic (exact) mass is 459 g/mol. The second kappa shape index (κ2) is 11.5. The molecule has 0 saturated carbocycles. The summed E-state index contributed by atoms with van der Waals surface area (Å²) in [6.45, 7) is 8.62. The summed E-state index contributed by atoms with van der Waals surface area (Å²) in [5.74, 6) is -0.709. The Morgan fingerprint density at radius 3 is 2.25 bits per heavy atom. The van der Waals surface area contributed by atoms with Gasteiger partial charge in [0.25, 0.3) is 11.8 Å². The number of methoxy groups -OCH3 is 1. The summed E-state index contributed by atoms with van der Waals surface area (Å²) in [5, 5.41) is 5.80. The summed E-state index contributed by atoms with van der Waals surface area (Å²) in [6, 6.07) is 10.8. The van der Waals surface area contributed by atoms with Crippen LogP contribution in [-0.4, -0.2) is 48.9 Å². The Hall–Kier alpha value is -3.06. The molecule has 0 bridgehead atoms. The van der Waals surface area contributed by atoms with Gasteiger partial charge in [-0.3, -0.25) is 14.4 Å². The first-order valence-electron chi connectivity index (χ1n) is 10.6. The van der Waals surface area contributed by atoms with E-state index >= 15 is 0 Å². The summed E-state index contributed by atoms with van der Waals surface area (Å²) in [7, 11) is 1.48. The third-order valence-corrected chi connectivity index (χ3v) is 5.42. The minimum absolute atomic E-state index is 0.165. The number of amides is 3. The molecule has 1 atom stereocenters. The van der Waals surface area contributed by atoms with Crippen LogP contribution in [0.5, 0.6) is 5.75 Å². The quantitative estimate of drug-likeness (QED) is 0.587. The van der Waals surface area contributed by atoms with Crippen LogP contribution in [0.3, 0.4) is 0 Å². The molecular weight excluding hydrogens is 430 g/mol. The van der Waals surface area contributed by atoms with Gasteiger partial charge in [-0.05, 0) is 50.1 Å². The average molecular weight is 460 g/mol. The molecule has 0 aromatic heterocycles. The molecule has 0 heterocycles. The molecule has 0 aliphatic carbocycles. The van der Waals surface area contributed by atoms with Gasteiger partial charge < -0.3 is 20.3 Å².